The number of hydrogen-bond acceptors (Lipinski definition) is 5. The quantitative estimate of drug-likeness (QED) is 0.551. The highest BCUT2D eigenvalue weighted by molar-refractivity contribution is 6.30. The molecule has 0 bridgehead atoms. The number of amides is 2. The fraction of sp³-hybridized carbons (Fsp3) is 0.440. The molecule has 1 fully saturated rings. The molecule has 1 aliphatic rings. The number of benzene rings is 2. The zero-order chi connectivity index (χ0) is 23.8. The summed E-state index contributed by atoms with van der Waals surface area (Å²) >= 11 is 5.88. The molecule has 2 aromatic carbocycles. The van der Waals surface area contributed by atoms with Crippen LogP contribution in [0.3, 0.4) is 0 Å². The second-order valence-electron chi connectivity index (χ2n) is 7.99. The largest absolute Gasteiger partial charge is 0.496 e. The molecule has 1 aliphatic heterocycles. The maximum absolute atomic E-state index is 13.4. The van der Waals surface area contributed by atoms with E-state index in [2.05, 4.69) is 0 Å². The average Bonchev–Trinajstić information content (AvgIpc) is 2.86. The molecule has 2 aromatic rings. The number of para-hydroxylation sites is 1. The molecular formula is C25H31ClN2O5. The predicted molar refractivity (Wildman–Crippen MR) is 127 cm³/mol. The number of morpholine rings is 1. The van der Waals surface area contributed by atoms with Crippen molar-refractivity contribution in [3.05, 3.63) is 59.1 Å². The maximum atomic E-state index is 13.4. The van der Waals surface area contributed by atoms with Crippen molar-refractivity contribution >= 4 is 23.4 Å². The van der Waals surface area contributed by atoms with Crippen LogP contribution < -0.4 is 9.47 Å². The third kappa shape index (κ3) is 6.62. The van der Waals surface area contributed by atoms with Gasteiger partial charge in [0.1, 0.15) is 11.5 Å². The Bertz CT molecular complexity index is 937. The van der Waals surface area contributed by atoms with Gasteiger partial charge in [0.2, 0.25) is 0 Å². The summed E-state index contributed by atoms with van der Waals surface area (Å²) in [5.41, 5.74) is 0.514. The minimum Gasteiger partial charge on any atom is -0.496 e. The van der Waals surface area contributed by atoms with Gasteiger partial charge < -0.3 is 24.0 Å². The summed E-state index contributed by atoms with van der Waals surface area (Å²) in [5, 5.41) is 0.609. The Labute approximate surface area is 200 Å². The van der Waals surface area contributed by atoms with Gasteiger partial charge in [-0.1, -0.05) is 30.7 Å². The number of carbonyl (C=O) groups excluding carboxylic acids is 2. The van der Waals surface area contributed by atoms with E-state index < -0.39 is 0 Å². The molecule has 178 valence electrons. The van der Waals surface area contributed by atoms with Gasteiger partial charge in [-0.25, -0.2) is 0 Å². The molecule has 0 N–H and O–H groups in total. The first kappa shape index (κ1) is 24.9. The molecule has 2 unspecified atom stereocenters. The lowest BCUT2D eigenvalue weighted by Crippen LogP contribution is -2.53. The Kier molecular flexibility index (Phi) is 8.97. The Morgan fingerprint density at radius 1 is 1.21 bits per heavy atom. The third-order valence-electron chi connectivity index (χ3n) is 5.79. The van der Waals surface area contributed by atoms with Crippen LogP contribution in [0, 0.1) is 0 Å². The Morgan fingerprint density at radius 3 is 2.64 bits per heavy atom. The standard InChI is InChI=1S/C25H31ClN2O5/c1-4-18(2)28(25(30)22-7-5-6-8-23(22)31-3)16-21-15-27(13-14-32-21)24(29)17-33-20-11-9-19(26)10-12-20/h5-12,18,21H,4,13-17H2,1-3H3. The first-order valence-electron chi connectivity index (χ1n) is 11.1. The number of halogens is 1. The second-order valence-corrected chi connectivity index (χ2v) is 8.43. The number of nitrogens with zero attached hydrogens (tertiary/aromatic N) is 2. The van der Waals surface area contributed by atoms with Crippen LogP contribution >= 0.6 is 11.6 Å². The lowest BCUT2D eigenvalue weighted by Gasteiger charge is -2.37. The number of carbonyl (C=O) groups is 2. The molecular weight excluding hydrogens is 444 g/mol. The fourth-order valence-corrected chi connectivity index (χ4v) is 3.83. The van der Waals surface area contributed by atoms with E-state index in [-0.39, 0.29) is 30.6 Å². The van der Waals surface area contributed by atoms with Crippen molar-refractivity contribution < 1.29 is 23.8 Å². The summed E-state index contributed by atoms with van der Waals surface area (Å²) in [4.78, 5) is 29.6. The van der Waals surface area contributed by atoms with Crippen molar-refractivity contribution in [1.82, 2.24) is 9.80 Å². The van der Waals surface area contributed by atoms with Crippen LogP contribution in [0.2, 0.25) is 5.02 Å². The average molecular weight is 475 g/mol. The van der Waals surface area contributed by atoms with Crippen LogP contribution in [0.15, 0.2) is 48.5 Å². The van der Waals surface area contributed by atoms with Crippen molar-refractivity contribution in [2.45, 2.75) is 32.4 Å². The smallest absolute Gasteiger partial charge is 0.260 e. The summed E-state index contributed by atoms with van der Waals surface area (Å²) < 4.78 is 16.9. The minimum atomic E-state index is -0.286. The number of ether oxygens (including phenoxy) is 3. The van der Waals surface area contributed by atoms with Crippen molar-refractivity contribution in [2.75, 3.05) is 40.0 Å². The monoisotopic (exact) mass is 474 g/mol. The highest BCUT2D eigenvalue weighted by atomic mass is 35.5. The lowest BCUT2D eigenvalue weighted by molar-refractivity contribution is -0.141. The number of methoxy groups -OCH3 is 1. The molecule has 0 saturated carbocycles. The molecule has 0 radical (unpaired) electrons. The van der Waals surface area contributed by atoms with Gasteiger partial charge >= 0.3 is 0 Å². The summed E-state index contributed by atoms with van der Waals surface area (Å²) in [6.07, 6.45) is 0.511. The van der Waals surface area contributed by atoms with E-state index in [1.54, 1.807) is 53.3 Å². The molecule has 0 aliphatic carbocycles. The van der Waals surface area contributed by atoms with E-state index in [1.165, 1.54) is 0 Å². The van der Waals surface area contributed by atoms with Gasteiger partial charge in [0, 0.05) is 30.7 Å². The molecule has 2 atom stereocenters. The molecule has 1 saturated heterocycles. The van der Waals surface area contributed by atoms with Gasteiger partial charge in [-0.2, -0.15) is 0 Å². The zero-order valence-electron chi connectivity index (χ0n) is 19.3. The normalized spacial score (nSPS) is 16.7. The minimum absolute atomic E-state index is 0.00493. The second kappa shape index (κ2) is 11.9. The van der Waals surface area contributed by atoms with E-state index in [0.717, 1.165) is 6.42 Å². The number of rotatable bonds is 9. The summed E-state index contributed by atoms with van der Waals surface area (Å²) in [6.45, 7) is 5.67. The van der Waals surface area contributed by atoms with Crippen LogP contribution in [0.5, 0.6) is 11.5 Å². The van der Waals surface area contributed by atoms with Crippen LogP contribution in [0.1, 0.15) is 30.6 Å². The van der Waals surface area contributed by atoms with E-state index in [4.69, 9.17) is 25.8 Å². The number of hydrogen-bond donors (Lipinski definition) is 0. The van der Waals surface area contributed by atoms with Crippen molar-refractivity contribution in [1.29, 1.82) is 0 Å². The van der Waals surface area contributed by atoms with Gasteiger partial charge in [0.05, 0.1) is 25.4 Å². The van der Waals surface area contributed by atoms with E-state index in [1.807, 2.05) is 26.0 Å². The topological polar surface area (TPSA) is 68.3 Å². The predicted octanol–water partition coefficient (Wildman–Crippen LogP) is 3.90. The molecule has 1 heterocycles. The van der Waals surface area contributed by atoms with Gasteiger partial charge in [-0.05, 0) is 49.7 Å². The third-order valence-corrected chi connectivity index (χ3v) is 6.04. The van der Waals surface area contributed by atoms with Gasteiger partial charge in [0.15, 0.2) is 6.61 Å². The molecule has 3 rings (SSSR count). The summed E-state index contributed by atoms with van der Waals surface area (Å²) in [6, 6.07) is 14.1. The Morgan fingerprint density at radius 2 is 1.94 bits per heavy atom. The van der Waals surface area contributed by atoms with E-state index in [0.29, 0.717) is 48.3 Å². The van der Waals surface area contributed by atoms with Gasteiger partial charge in [-0.15, -0.1) is 0 Å². The molecule has 2 amide bonds. The van der Waals surface area contributed by atoms with Crippen molar-refractivity contribution in [3.63, 3.8) is 0 Å². The van der Waals surface area contributed by atoms with Crippen LogP contribution in [0.4, 0.5) is 0 Å². The Hall–Kier alpha value is -2.77. The maximum Gasteiger partial charge on any atom is 0.260 e. The molecule has 7 nitrogen and oxygen atoms in total. The first-order valence-corrected chi connectivity index (χ1v) is 11.5. The SMILES string of the molecule is CCC(C)N(CC1CN(C(=O)COc2ccc(Cl)cc2)CCO1)C(=O)c1ccccc1OC. The Balaban J connectivity index is 1.63. The van der Waals surface area contributed by atoms with E-state index >= 15 is 0 Å². The van der Waals surface area contributed by atoms with Gasteiger partial charge in [0.25, 0.3) is 11.8 Å². The molecule has 0 aromatic heterocycles. The van der Waals surface area contributed by atoms with Crippen molar-refractivity contribution in [2.24, 2.45) is 0 Å². The van der Waals surface area contributed by atoms with Crippen LogP contribution in [0.25, 0.3) is 0 Å². The lowest BCUT2D eigenvalue weighted by atomic mass is 10.1. The molecule has 33 heavy (non-hydrogen) atoms. The first-order chi connectivity index (χ1) is 15.9. The van der Waals surface area contributed by atoms with Crippen LogP contribution in [-0.4, -0.2) is 73.7 Å². The summed E-state index contributed by atoms with van der Waals surface area (Å²) in [5.74, 6) is 0.892. The molecule has 8 heteroatoms. The van der Waals surface area contributed by atoms with E-state index in [9.17, 15) is 9.59 Å². The zero-order valence-corrected chi connectivity index (χ0v) is 20.1. The van der Waals surface area contributed by atoms with Crippen LogP contribution in [-0.2, 0) is 9.53 Å². The fourth-order valence-electron chi connectivity index (χ4n) is 3.70. The highest BCUT2D eigenvalue weighted by Crippen LogP contribution is 2.22. The van der Waals surface area contributed by atoms with Crippen molar-refractivity contribution in [3.8, 4) is 11.5 Å². The highest BCUT2D eigenvalue weighted by Gasteiger charge is 2.30. The van der Waals surface area contributed by atoms with Gasteiger partial charge in [-0.3, -0.25) is 9.59 Å². The molecule has 0 spiro atoms. The summed E-state index contributed by atoms with van der Waals surface area (Å²) in [7, 11) is 1.56.